The Labute approximate surface area is 103 Å². The van der Waals surface area contributed by atoms with Crippen LogP contribution in [0.5, 0.6) is 0 Å². The van der Waals surface area contributed by atoms with Crippen LogP contribution in [-0.2, 0) is 4.74 Å². The van der Waals surface area contributed by atoms with Gasteiger partial charge in [-0.1, -0.05) is 55.3 Å². The molecule has 1 aromatic rings. The van der Waals surface area contributed by atoms with Crippen molar-refractivity contribution in [3.8, 4) is 0 Å². The Kier molecular flexibility index (Phi) is 4.77. The first-order valence-electron chi connectivity index (χ1n) is 6.45. The van der Waals surface area contributed by atoms with Gasteiger partial charge in [0.25, 0.3) is 0 Å². The standard InChI is InChI=1S/C15H21NO/c16-14-10-4-5-11-15(14)17-12-6-9-13-7-2-1-3-8-13/h1-3,6-9,14-15H,4-5,10-12,16H2/b9-6+. The Balaban J connectivity index is 1.73. The summed E-state index contributed by atoms with van der Waals surface area (Å²) in [6.45, 7) is 0.660. The summed E-state index contributed by atoms with van der Waals surface area (Å²) < 4.78 is 5.81. The normalized spacial score (nSPS) is 25.2. The highest BCUT2D eigenvalue weighted by molar-refractivity contribution is 5.48. The minimum Gasteiger partial charge on any atom is -0.373 e. The Bertz CT molecular complexity index is 347. The second-order valence-corrected chi connectivity index (χ2v) is 4.63. The Morgan fingerprint density at radius 2 is 1.94 bits per heavy atom. The van der Waals surface area contributed by atoms with E-state index in [2.05, 4.69) is 24.3 Å². The van der Waals surface area contributed by atoms with Gasteiger partial charge in [-0.2, -0.15) is 0 Å². The molecule has 1 aliphatic carbocycles. The predicted molar refractivity (Wildman–Crippen MR) is 71.7 cm³/mol. The van der Waals surface area contributed by atoms with Gasteiger partial charge in [-0.15, -0.1) is 0 Å². The highest BCUT2D eigenvalue weighted by atomic mass is 16.5. The van der Waals surface area contributed by atoms with Crippen LogP contribution in [0.3, 0.4) is 0 Å². The van der Waals surface area contributed by atoms with Crippen molar-refractivity contribution in [1.29, 1.82) is 0 Å². The van der Waals surface area contributed by atoms with E-state index in [1.807, 2.05) is 18.2 Å². The number of nitrogens with two attached hydrogens (primary N) is 1. The zero-order valence-corrected chi connectivity index (χ0v) is 10.2. The Morgan fingerprint density at radius 1 is 1.18 bits per heavy atom. The van der Waals surface area contributed by atoms with Crippen molar-refractivity contribution < 1.29 is 4.74 Å². The van der Waals surface area contributed by atoms with Crippen LogP contribution in [-0.4, -0.2) is 18.8 Å². The molecule has 2 heteroatoms. The van der Waals surface area contributed by atoms with Gasteiger partial charge < -0.3 is 10.5 Å². The number of hydrogen-bond acceptors (Lipinski definition) is 2. The summed E-state index contributed by atoms with van der Waals surface area (Å²) in [5, 5.41) is 0. The molecule has 2 rings (SSSR count). The minimum absolute atomic E-state index is 0.230. The molecule has 17 heavy (non-hydrogen) atoms. The number of benzene rings is 1. The molecular formula is C15H21NO. The topological polar surface area (TPSA) is 35.2 Å². The summed E-state index contributed by atoms with van der Waals surface area (Å²) in [6, 6.07) is 10.5. The second kappa shape index (κ2) is 6.58. The third-order valence-electron chi connectivity index (χ3n) is 3.27. The second-order valence-electron chi connectivity index (χ2n) is 4.63. The summed E-state index contributed by atoms with van der Waals surface area (Å²) in [5.74, 6) is 0. The van der Waals surface area contributed by atoms with Gasteiger partial charge in [0.05, 0.1) is 12.7 Å². The number of ether oxygens (including phenoxy) is 1. The van der Waals surface area contributed by atoms with Crippen molar-refractivity contribution in [3.05, 3.63) is 42.0 Å². The van der Waals surface area contributed by atoms with E-state index in [4.69, 9.17) is 10.5 Å². The van der Waals surface area contributed by atoms with E-state index in [0.717, 1.165) is 12.8 Å². The van der Waals surface area contributed by atoms with E-state index in [1.165, 1.54) is 18.4 Å². The van der Waals surface area contributed by atoms with Crippen molar-refractivity contribution in [2.75, 3.05) is 6.61 Å². The average molecular weight is 231 g/mol. The van der Waals surface area contributed by atoms with Crippen LogP contribution in [0.4, 0.5) is 0 Å². The molecule has 2 atom stereocenters. The van der Waals surface area contributed by atoms with Crippen LogP contribution in [0, 0.1) is 0 Å². The quantitative estimate of drug-likeness (QED) is 0.864. The minimum atomic E-state index is 0.230. The lowest BCUT2D eigenvalue weighted by Crippen LogP contribution is -2.39. The molecule has 0 spiro atoms. The summed E-state index contributed by atoms with van der Waals surface area (Å²) in [7, 11) is 0. The van der Waals surface area contributed by atoms with Crippen LogP contribution < -0.4 is 5.73 Å². The summed E-state index contributed by atoms with van der Waals surface area (Å²) >= 11 is 0. The highest BCUT2D eigenvalue weighted by Gasteiger charge is 2.21. The first-order valence-corrected chi connectivity index (χ1v) is 6.45. The molecular weight excluding hydrogens is 210 g/mol. The molecule has 1 aliphatic rings. The fraction of sp³-hybridized carbons (Fsp3) is 0.467. The maximum atomic E-state index is 6.02. The maximum Gasteiger partial charge on any atom is 0.0730 e. The molecule has 2 nitrogen and oxygen atoms in total. The fourth-order valence-electron chi connectivity index (χ4n) is 2.26. The van der Waals surface area contributed by atoms with Crippen LogP contribution in [0.25, 0.3) is 6.08 Å². The summed E-state index contributed by atoms with van der Waals surface area (Å²) in [4.78, 5) is 0. The molecule has 2 unspecified atom stereocenters. The van der Waals surface area contributed by atoms with Crippen molar-refractivity contribution in [2.45, 2.75) is 37.8 Å². The predicted octanol–water partition coefficient (Wildman–Crippen LogP) is 2.99. The lowest BCUT2D eigenvalue weighted by molar-refractivity contribution is 0.0321. The third kappa shape index (κ3) is 3.99. The molecule has 0 aliphatic heterocycles. The van der Waals surface area contributed by atoms with Gasteiger partial charge in [0.1, 0.15) is 0 Å². The van der Waals surface area contributed by atoms with Crippen LogP contribution in [0.2, 0.25) is 0 Å². The molecule has 92 valence electrons. The largest absolute Gasteiger partial charge is 0.373 e. The van der Waals surface area contributed by atoms with E-state index in [9.17, 15) is 0 Å². The van der Waals surface area contributed by atoms with E-state index >= 15 is 0 Å². The Morgan fingerprint density at radius 3 is 2.71 bits per heavy atom. The molecule has 1 saturated carbocycles. The first kappa shape index (κ1) is 12.3. The van der Waals surface area contributed by atoms with Gasteiger partial charge in [-0.3, -0.25) is 0 Å². The van der Waals surface area contributed by atoms with Crippen LogP contribution in [0.1, 0.15) is 31.2 Å². The highest BCUT2D eigenvalue weighted by Crippen LogP contribution is 2.19. The molecule has 0 heterocycles. The lowest BCUT2D eigenvalue weighted by Gasteiger charge is -2.28. The van der Waals surface area contributed by atoms with Gasteiger partial charge in [-0.05, 0) is 18.4 Å². The van der Waals surface area contributed by atoms with Gasteiger partial charge in [0.2, 0.25) is 0 Å². The van der Waals surface area contributed by atoms with E-state index < -0.39 is 0 Å². The van der Waals surface area contributed by atoms with Gasteiger partial charge in [0.15, 0.2) is 0 Å². The van der Waals surface area contributed by atoms with Crippen molar-refractivity contribution in [2.24, 2.45) is 5.73 Å². The molecule has 0 bridgehead atoms. The SMILES string of the molecule is NC1CCCCC1OC/C=C/c1ccccc1. The fourth-order valence-corrected chi connectivity index (χ4v) is 2.26. The maximum absolute atomic E-state index is 6.02. The van der Waals surface area contributed by atoms with E-state index in [0.29, 0.717) is 6.61 Å². The van der Waals surface area contributed by atoms with Crippen LogP contribution >= 0.6 is 0 Å². The third-order valence-corrected chi connectivity index (χ3v) is 3.27. The molecule has 1 fully saturated rings. The zero-order valence-electron chi connectivity index (χ0n) is 10.2. The lowest BCUT2D eigenvalue weighted by atomic mass is 9.93. The van der Waals surface area contributed by atoms with E-state index in [-0.39, 0.29) is 12.1 Å². The average Bonchev–Trinajstić information content (AvgIpc) is 2.38. The Hall–Kier alpha value is -1.12. The van der Waals surface area contributed by atoms with Gasteiger partial charge in [0, 0.05) is 6.04 Å². The van der Waals surface area contributed by atoms with Crippen LogP contribution in [0.15, 0.2) is 36.4 Å². The molecule has 0 amide bonds. The summed E-state index contributed by atoms with van der Waals surface area (Å²) in [5.41, 5.74) is 7.24. The first-order chi connectivity index (χ1) is 8.36. The van der Waals surface area contributed by atoms with E-state index in [1.54, 1.807) is 0 Å². The van der Waals surface area contributed by atoms with Crippen molar-refractivity contribution >= 4 is 6.08 Å². The number of rotatable bonds is 4. The smallest absolute Gasteiger partial charge is 0.0730 e. The zero-order chi connectivity index (χ0) is 11.9. The van der Waals surface area contributed by atoms with Crippen molar-refractivity contribution in [3.63, 3.8) is 0 Å². The van der Waals surface area contributed by atoms with Crippen molar-refractivity contribution in [1.82, 2.24) is 0 Å². The molecule has 0 aromatic heterocycles. The molecule has 2 N–H and O–H groups in total. The molecule has 1 aromatic carbocycles. The summed E-state index contributed by atoms with van der Waals surface area (Å²) in [6.07, 6.45) is 9.13. The van der Waals surface area contributed by atoms with Gasteiger partial charge >= 0.3 is 0 Å². The molecule has 0 radical (unpaired) electrons. The number of hydrogen-bond donors (Lipinski definition) is 1. The monoisotopic (exact) mass is 231 g/mol. The van der Waals surface area contributed by atoms with Gasteiger partial charge in [-0.25, -0.2) is 0 Å². The molecule has 0 saturated heterocycles.